The highest BCUT2D eigenvalue weighted by Crippen LogP contribution is 2.25. The Morgan fingerprint density at radius 1 is 1.35 bits per heavy atom. The van der Waals surface area contributed by atoms with E-state index >= 15 is 0 Å². The average molecular weight is 377 g/mol. The molecule has 0 bridgehead atoms. The maximum Gasteiger partial charge on any atom is 0.320 e. The van der Waals surface area contributed by atoms with E-state index in [4.69, 9.17) is 10.8 Å². The van der Waals surface area contributed by atoms with Crippen LogP contribution in [0.2, 0.25) is 0 Å². The molecular weight excluding hydrogens is 356 g/mol. The van der Waals surface area contributed by atoms with Crippen LogP contribution in [0.5, 0.6) is 0 Å². The smallest absolute Gasteiger partial charge is 0.320 e. The molecule has 3 rings (SSSR count). The second-order valence-electron chi connectivity index (χ2n) is 6.22. The molecule has 8 heteroatoms. The summed E-state index contributed by atoms with van der Waals surface area (Å²) < 4.78 is 3.40. The van der Waals surface area contributed by atoms with Crippen LogP contribution in [-0.2, 0) is 18.3 Å². The van der Waals surface area contributed by atoms with Crippen LogP contribution >= 0.6 is 12.4 Å². The van der Waals surface area contributed by atoms with E-state index in [2.05, 4.69) is 4.98 Å². The maximum absolute atomic E-state index is 12.8. The number of nitrogens with zero attached hydrogens (tertiary/aromatic N) is 3. The van der Waals surface area contributed by atoms with Gasteiger partial charge in [-0.3, -0.25) is 9.59 Å². The second-order valence-corrected chi connectivity index (χ2v) is 6.22. The highest BCUT2D eigenvalue weighted by molar-refractivity contribution is 5.85. The van der Waals surface area contributed by atoms with Crippen molar-refractivity contribution in [2.45, 2.75) is 26.3 Å². The van der Waals surface area contributed by atoms with Gasteiger partial charge < -0.3 is 19.8 Å². The summed E-state index contributed by atoms with van der Waals surface area (Å²) >= 11 is 0. The third-order valence-corrected chi connectivity index (χ3v) is 4.52. The van der Waals surface area contributed by atoms with Crippen LogP contribution in [0.1, 0.15) is 17.0 Å². The van der Waals surface area contributed by atoms with Crippen molar-refractivity contribution in [3.8, 4) is 11.1 Å². The molecule has 3 heterocycles. The van der Waals surface area contributed by atoms with E-state index in [0.29, 0.717) is 11.2 Å². The fourth-order valence-corrected chi connectivity index (χ4v) is 3.05. The molecule has 0 spiro atoms. The Morgan fingerprint density at radius 2 is 2.04 bits per heavy atom. The SMILES string of the molecule is Cc1cc(C)n(C)c(=O)c1-c1ccc(C[C@H](N)C(=O)O)n2ccnc12.Cl. The van der Waals surface area contributed by atoms with Gasteiger partial charge in [0.25, 0.3) is 5.56 Å². The molecule has 0 radical (unpaired) electrons. The van der Waals surface area contributed by atoms with Gasteiger partial charge in [0, 0.05) is 42.8 Å². The first-order valence-electron chi connectivity index (χ1n) is 7.92. The molecule has 26 heavy (non-hydrogen) atoms. The number of nitrogens with two attached hydrogens (primary N) is 1. The summed E-state index contributed by atoms with van der Waals surface area (Å²) in [6, 6.07) is 4.58. The van der Waals surface area contributed by atoms with E-state index in [1.54, 1.807) is 34.5 Å². The number of hydrogen-bond acceptors (Lipinski definition) is 4. The number of pyridine rings is 2. The summed E-state index contributed by atoms with van der Waals surface area (Å²) in [6.07, 6.45) is 3.55. The molecule has 0 aromatic carbocycles. The van der Waals surface area contributed by atoms with Gasteiger partial charge in [0.2, 0.25) is 0 Å². The number of carbonyl (C=O) groups is 1. The van der Waals surface area contributed by atoms with Gasteiger partial charge in [-0.1, -0.05) is 0 Å². The number of fused-ring (bicyclic) bond motifs is 1. The number of imidazole rings is 1. The number of aliphatic carboxylic acids is 1. The quantitative estimate of drug-likeness (QED) is 0.721. The van der Waals surface area contributed by atoms with Crippen LogP contribution in [0.25, 0.3) is 16.8 Å². The summed E-state index contributed by atoms with van der Waals surface area (Å²) in [5, 5.41) is 9.03. The van der Waals surface area contributed by atoms with Crippen molar-refractivity contribution in [2.75, 3.05) is 0 Å². The van der Waals surface area contributed by atoms with Crippen molar-refractivity contribution in [3.05, 3.63) is 57.9 Å². The van der Waals surface area contributed by atoms with Gasteiger partial charge in [0.05, 0.1) is 5.56 Å². The summed E-state index contributed by atoms with van der Waals surface area (Å²) in [5.41, 5.74) is 9.98. The zero-order valence-corrected chi connectivity index (χ0v) is 15.6. The molecule has 0 fully saturated rings. The van der Waals surface area contributed by atoms with Crippen molar-refractivity contribution in [3.63, 3.8) is 0 Å². The molecule has 3 aromatic heterocycles. The van der Waals surface area contributed by atoms with Crippen LogP contribution in [0.3, 0.4) is 0 Å². The first-order chi connectivity index (χ1) is 11.8. The minimum atomic E-state index is -1.06. The van der Waals surface area contributed by atoms with E-state index in [1.165, 1.54) is 0 Å². The number of halogens is 1. The van der Waals surface area contributed by atoms with Crippen LogP contribution < -0.4 is 11.3 Å². The molecular formula is C18H21ClN4O3. The molecule has 0 amide bonds. The molecule has 0 aliphatic heterocycles. The first-order valence-corrected chi connectivity index (χ1v) is 7.92. The van der Waals surface area contributed by atoms with Crippen molar-refractivity contribution >= 4 is 24.0 Å². The lowest BCUT2D eigenvalue weighted by Gasteiger charge is -2.14. The van der Waals surface area contributed by atoms with Crippen molar-refractivity contribution in [1.29, 1.82) is 0 Å². The van der Waals surface area contributed by atoms with Gasteiger partial charge in [-0.05, 0) is 37.6 Å². The molecule has 0 aliphatic carbocycles. The zero-order valence-electron chi connectivity index (χ0n) is 14.8. The second kappa shape index (κ2) is 7.31. The molecule has 0 saturated heterocycles. The number of hydrogen-bond donors (Lipinski definition) is 2. The monoisotopic (exact) mass is 376 g/mol. The van der Waals surface area contributed by atoms with Gasteiger partial charge in [-0.25, -0.2) is 4.98 Å². The van der Waals surface area contributed by atoms with Gasteiger partial charge >= 0.3 is 5.97 Å². The topological polar surface area (TPSA) is 103 Å². The number of rotatable bonds is 4. The van der Waals surface area contributed by atoms with E-state index < -0.39 is 12.0 Å². The lowest BCUT2D eigenvalue weighted by molar-refractivity contribution is -0.138. The van der Waals surface area contributed by atoms with Crippen molar-refractivity contribution < 1.29 is 9.90 Å². The minimum absolute atomic E-state index is 0. The Labute approximate surface area is 156 Å². The van der Waals surface area contributed by atoms with Crippen molar-refractivity contribution in [1.82, 2.24) is 14.0 Å². The number of aromatic nitrogens is 3. The van der Waals surface area contributed by atoms with E-state index in [1.807, 2.05) is 26.0 Å². The van der Waals surface area contributed by atoms with Crippen LogP contribution in [0, 0.1) is 13.8 Å². The van der Waals surface area contributed by atoms with Crippen molar-refractivity contribution in [2.24, 2.45) is 12.8 Å². The molecule has 1 atom stereocenters. The summed E-state index contributed by atoms with van der Waals surface area (Å²) in [4.78, 5) is 28.2. The molecule has 0 aliphatic rings. The number of aryl methyl sites for hydroxylation is 2. The van der Waals surface area contributed by atoms with Gasteiger partial charge in [-0.15, -0.1) is 12.4 Å². The predicted octanol–water partition coefficient (Wildman–Crippen LogP) is 1.69. The minimum Gasteiger partial charge on any atom is -0.480 e. The van der Waals surface area contributed by atoms with E-state index in [0.717, 1.165) is 22.5 Å². The fraction of sp³-hybridized carbons (Fsp3) is 0.278. The predicted molar refractivity (Wildman–Crippen MR) is 102 cm³/mol. The molecule has 3 N–H and O–H groups in total. The summed E-state index contributed by atoms with van der Waals surface area (Å²) in [7, 11) is 1.74. The highest BCUT2D eigenvalue weighted by atomic mass is 35.5. The molecule has 0 unspecified atom stereocenters. The zero-order chi connectivity index (χ0) is 18.3. The fourth-order valence-electron chi connectivity index (χ4n) is 3.05. The standard InChI is InChI=1S/C18H20N4O3.ClH/c1-10-8-11(2)21(3)17(23)15(10)13-5-4-12(9-14(19)18(24)25)22-7-6-20-16(13)22;/h4-8,14H,9,19H2,1-3H3,(H,24,25);1H/t14-;/m0./s1. The Hall–Kier alpha value is -2.64. The highest BCUT2D eigenvalue weighted by Gasteiger charge is 2.18. The largest absolute Gasteiger partial charge is 0.480 e. The van der Waals surface area contributed by atoms with Gasteiger partial charge in [0.15, 0.2) is 0 Å². The van der Waals surface area contributed by atoms with E-state index in [9.17, 15) is 9.59 Å². The third kappa shape index (κ3) is 3.23. The number of carboxylic acids is 1. The Morgan fingerprint density at radius 3 is 2.69 bits per heavy atom. The molecule has 7 nitrogen and oxygen atoms in total. The lowest BCUT2D eigenvalue weighted by Crippen LogP contribution is -2.32. The van der Waals surface area contributed by atoms with Crippen LogP contribution in [-0.4, -0.2) is 31.1 Å². The molecule has 0 saturated carbocycles. The normalized spacial score (nSPS) is 12.0. The summed E-state index contributed by atoms with van der Waals surface area (Å²) in [6.45, 7) is 3.79. The third-order valence-electron chi connectivity index (χ3n) is 4.52. The van der Waals surface area contributed by atoms with Gasteiger partial charge in [0.1, 0.15) is 11.7 Å². The van der Waals surface area contributed by atoms with E-state index in [-0.39, 0.29) is 24.4 Å². The van der Waals surface area contributed by atoms with Gasteiger partial charge in [-0.2, -0.15) is 0 Å². The average Bonchev–Trinajstić information content (AvgIpc) is 3.04. The van der Waals surface area contributed by atoms with Crippen LogP contribution in [0.4, 0.5) is 0 Å². The summed E-state index contributed by atoms with van der Waals surface area (Å²) in [5.74, 6) is -1.06. The number of carboxylic acid groups (broad SMARTS) is 1. The Bertz CT molecular complexity index is 1040. The first kappa shape index (κ1) is 19.7. The van der Waals surface area contributed by atoms with Crippen LogP contribution in [0.15, 0.2) is 35.4 Å². The Kier molecular flexibility index (Phi) is 5.53. The molecule has 3 aromatic rings. The lowest BCUT2D eigenvalue weighted by atomic mass is 10.0. The molecule has 138 valence electrons. The maximum atomic E-state index is 12.8. The Balaban J connectivity index is 0.00000243.